The zero-order valence-corrected chi connectivity index (χ0v) is 19.1. The molecule has 4 rings (SSSR count). The summed E-state index contributed by atoms with van der Waals surface area (Å²) in [6.45, 7) is 1.42. The lowest BCUT2D eigenvalue weighted by atomic mass is 10.3. The molecule has 1 N–H and O–H groups in total. The second-order valence-corrected chi connectivity index (χ2v) is 10.0. The molecule has 0 atom stereocenters. The Labute approximate surface area is 193 Å². The fraction of sp³-hybridized carbons (Fsp3) is 0.263. The van der Waals surface area contributed by atoms with Crippen LogP contribution in [0.1, 0.15) is 0 Å². The Morgan fingerprint density at radius 3 is 2.47 bits per heavy atom. The van der Waals surface area contributed by atoms with E-state index in [1.165, 1.54) is 32.9 Å². The van der Waals surface area contributed by atoms with Crippen LogP contribution in [0, 0.1) is 0 Å². The van der Waals surface area contributed by atoms with Gasteiger partial charge in [0.05, 0.1) is 29.5 Å². The molecule has 168 valence electrons. The number of thioether (sulfide) groups is 1. The van der Waals surface area contributed by atoms with Crippen LogP contribution in [0.4, 0.5) is 5.69 Å². The van der Waals surface area contributed by atoms with E-state index in [1.807, 2.05) is 0 Å². The van der Waals surface area contributed by atoms with Crippen molar-refractivity contribution < 1.29 is 17.9 Å². The molecule has 1 aliphatic rings. The average molecular weight is 495 g/mol. The topological polar surface area (TPSA) is 119 Å². The summed E-state index contributed by atoms with van der Waals surface area (Å²) in [5, 5.41) is 15.3. The van der Waals surface area contributed by atoms with Crippen molar-refractivity contribution in [2.45, 2.75) is 10.1 Å². The lowest BCUT2D eigenvalue weighted by Crippen LogP contribution is -2.40. The van der Waals surface area contributed by atoms with Crippen LogP contribution >= 0.6 is 23.4 Å². The molecule has 32 heavy (non-hydrogen) atoms. The van der Waals surface area contributed by atoms with Crippen molar-refractivity contribution in [1.29, 1.82) is 0 Å². The second kappa shape index (κ2) is 9.96. The Hall–Kier alpha value is -2.51. The highest BCUT2D eigenvalue weighted by Gasteiger charge is 2.26. The van der Waals surface area contributed by atoms with Crippen molar-refractivity contribution in [2.24, 2.45) is 0 Å². The van der Waals surface area contributed by atoms with Crippen molar-refractivity contribution in [2.75, 3.05) is 37.4 Å². The van der Waals surface area contributed by atoms with Gasteiger partial charge in [-0.1, -0.05) is 23.4 Å². The van der Waals surface area contributed by atoms with Gasteiger partial charge < -0.3 is 10.1 Å². The molecule has 0 radical (unpaired) electrons. The molecule has 3 aromatic rings. The van der Waals surface area contributed by atoms with Gasteiger partial charge in [-0.25, -0.2) is 8.42 Å². The van der Waals surface area contributed by atoms with Crippen molar-refractivity contribution in [1.82, 2.24) is 24.5 Å². The molecule has 0 bridgehead atoms. The van der Waals surface area contributed by atoms with Gasteiger partial charge in [0.25, 0.3) is 0 Å². The monoisotopic (exact) mass is 494 g/mol. The number of amides is 1. The number of morpholine rings is 1. The summed E-state index contributed by atoms with van der Waals surface area (Å²) in [5.74, 6) is -0.202. The maximum Gasteiger partial charge on any atom is 0.243 e. The number of aromatic nitrogens is 4. The standard InChI is InChI=1S/C19H19ClN6O4S2/c20-14-1-5-16(6-2-14)26-19(22-23-24-26)31-13-18(27)21-15-3-7-17(8-4-15)32(28,29)25-9-11-30-12-10-25/h1-8H,9-13H2,(H,21,27). The van der Waals surface area contributed by atoms with Gasteiger partial charge in [-0.05, 0) is 59.0 Å². The Morgan fingerprint density at radius 1 is 1.09 bits per heavy atom. The highest BCUT2D eigenvalue weighted by molar-refractivity contribution is 7.99. The highest BCUT2D eigenvalue weighted by Crippen LogP contribution is 2.22. The summed E-state index contributed by atoms with van der Waals surface area (Å²) in [5.41, 5.74) is 1.22. The van der Waals surface area contributed by atoms with Gasteiger partial charge in [-0.15, -0.1) is 5.10 Å². The first-order valence-electron chi connectivity index (χ1n) is 9.58. The van der Waals surface area contributed by atoms with Crippen LogP contribution in [0.15, 0.2) is 58.6 Å². The predicted octanol–water partition coefficient (Wildman–Crippen LogP) is 2.07. The molecule has 1 fully saturated rings. The molecule has 1 saturated heterocycles. The molecular weight excluding hydrogens is 476 g/mol. The third kappa shape index (κ3) is 5.27. The normalized spacial score (nSPS) is 14.9. The van der Waals surface area contributed by atoms with Crippen LogP contribution in [-0.4, -0.2) is 70.9 Å². The van der Waals surface area contributed by atoms with Crippen molar-refractivity contribution in [3.8, 4) is 5.69 Å². The Kier molecular flexibility index (Phi) is 7.06. The number of tetrazole rings is 1. The van der Waals surface area contributed by atoms with E-state index in [9.17, 15) is 13.2 Å². The number of ether oxygens (including phenoxy) is 1. The average Bonchev–Trinajstić information content (AvgIpc) is 3.28. The van der Waals surface area contributed by atoms with E-state index in [2.05, 4.69) is 20.8 Å². The molecule has 13 heteroatoms. The number of sulfonamides is 1. The minimum absolute atomic E-state index is 0.0712. The van der Waals surface area contributed by atoms with Crippen LogP contribution in [0.5, 0.6) is 0 Å². The molecule has 1 aromatic heterocycles. The van der Waals surface area contributed by atoms with Gasteiger partial charge in [0, 0.05) is 23.8 Å². The number of halogens is 1. The molecule has 1 aliphatic heterocycles. The molecule has 0 aliphatic carbocycles. The van der Waals surface area contributed by atoms with Crippen LogP contribution in [0.2, 0.25) is 5.02 Å². The first-order valence-corrected chi connectivity index (χ1v) is 12.4. The third-order valence-electron chi connectivity index (χ3n) is 4.59. The van der Waals surface area contributed by atoms with E-state index in [1.54, 1.807) is 36.4 Å². The number of anilines is 1. The summed E-state index contributed by atoms with van der Waals surface area (Å²) >= 11 is 7.08. The number of carbonyl (C=O) groups is 1. The lowest BCUT2D eigenvalue weighted by Gasteiger charge is -2.26. The quantitative estimate of drug-likeness (QED) is 0.496. The van der Waals surface area contributed by atoms with E-state index in [0.29, 0.717) is 42.2 Å². The van der Waals surface area contributed by atoms with Gasteiger partial charge in [0.2, 0.25) is 21.1 Å². The summed E-state index contributed by atoms with van der Waals surface area (Å²) in [6.07, 6.45) is 0. The van der Waals surface area contributed by atoms with Crippen LogP contribution in [-0.2, 0) is 19.6 Å². The Balaban J connectivity index is 1.35. The number of nitrogens with one attached hydrogen (secondary N) is 1. The molecule has 0 saturated carbocycles. The van der Waals surface area contributed by atoms with E-state index in [0.717, 1.165) is 5.69 Å². The van der Waals surface area contributed by atoms with Crippen LogP contribution in [0.3, 0.4) is 0 Å². The zero-order chi connectivity index (χ0) is 22.6. The first-order chi connectivity index (χ1) is 15.4. The van der Waals surface area contributed by atoms with Crippen molar-refractivity contribution >= 4 is 45.0 Å². The van der Waals surface area contributed by atoms with E-state index in [4.69, 9.17) is 16.3 Å². The molecule has 1 amide bonds. The maximum absolute atomic E-state index is 12.7. The van der Waals surface area contributed by atoms with Gasteiger partial charge in [0.15, 0.2) is 0 Å². The SMILES string of the molecule is O=C(CSc1nnnn1-c1ccc(Cl)cc1)Nc1ccc(S(=O)(=O)N2CCOCC2)cc1. The number of hydrogen-bond acceptors (Lipinski definition) is 8. The van der Waals surface area contributed by atoms with Gasteiger partial charge in [-0.2, -0.15) is 8.99 Å². The maximum atomic E-state index is 12.7. The number of rotatable bonds is 7. The number of hydrogen-bond donors (Lipinski definition) is 1. The molecule has 10 nitrogen and oxygen atoms in total. The highest BCUT2D eigenvalue weighted by atomic mass is 35.5. The Morgan fingerprint density at radius 2 is 1.78 bits per heavy atom. The van der Waals surface area contributed by atoms with Gasteiger partial charge in [-0.3, -0.25) is 4.79 Å². The first kappa shape index (κ1) is 22.7. The minimum atomic E-state index is -3.58. The molecule has 0 unspecified atom stereocenters. The summed E-state index contributed by atoms with van der Waals surface area (Å²) in [4.78, 5) is 12.5. The zero-order valence-electron chi connectivity index (χ0n) is 16.7. The smallest absolute Gasteiger partial charge is 0.243 e. The summed E-state index contributed by atoms with van der Waals surface area (Å²) < 4.78 is 33.5. The number of benzene rings is 2. The lowest BCUT2D eigenvalue weighted by molar-refractivity contribution is -0.113. The van der Waals surface area contributed by atoms with E-state index in [-0.39, 0.29) is 16.6 Å². The minimum Gasteiger partial charge on any atom is -0.379 e. The molecular formula is C19H19ClN6O4S2. The molecule has 0 spiro atoms. The fourth-order valence-electron chi connectivity index (χ4n) is 2.99. The Bertz CT molecular complexity index is 1180. The predicted molar refractivity (Wildman–Crippen MR) is 120 cm³/mol. The number of nitrogens with zero attached hydrogens (tertiary/aromatic N) is 5. The van der Waals surface area contributed by atoms with E-state index >= 15 is 0 Å². The second-order valence-electron chi connectivity index (χ2n) is 6.73. The summed E-state index contributed by atoms with van der Waals surface area (Å²) in [6, 6.07) is 13.1. The van der Waals surface area contributed by atoms with Crippen LogP contribution < -0.4 is 5.32 Å². The fourth-order valence-corrected chi connectivity index (χ4v) is 5.21. The van der Waals surface area contributed by atoms with E-state index < -0.39 is 10.0 Å². The van der Waals surface area contributed by atoms with Crippen molar-refractivity contribution in [3.05, 3.63) is 53.6 Å². The van der Waals surface area contributed by atoms with Gasteiger partial charge >= 0.3 is 0 Å². The third-order valence-corrected chi connectivity index (χ3v) is 7.67. The van der Waals surface area contributed by atoms with Gasteiger partial charge in [0.1, 0.15) is 0 Å². The number of carbonyl (C=O) groups excluding carboxylic acids is 1. The van der Waals surface area contributed by atoms with Crippen LogP contribution in [0.25, 0.3) is 5.69 Å². The largest absolute Gasteiger partial charge is 0.379 e. The summed E-state index contributed by atoms with van der Waals surface area (Å²) in [7, 11) is -3.58. The van der Waals surface area contributed by atoms with Crippen molar-refractivity contribution in [3.63, 3.8) is 0 Å². The molecule has 2 aromatic carbocycles. The molecule has 2 heterocycles.